The van der Waals surface area contributed by atoms with Gasteiger partial charge in [0.1, 0.15) is 5.75 Å². The molecule has 0 radical (unpaired) electrons. The van der Waals surface area contributed by atoms with E-state index < -0.39 is 0 Å². The van der Waals surface area contributed by atoms with E-state index in [0.29, 0.717) is 16.9 Å². The molecule has 144 valence electrons. The smallest absolute Gasteiger partial charge is 0.225 e. The third-order valence-corrected chi connectivity index (χ3v) is 6.59. The number of carbonyl (C=O) groups is 1. The van der Waals surface area contributed by atoms with Gasteiger partial charge in [0.2, 0.25) is 5.91 Å². The molecule has 4 nitrogen and oxygen atoms in total. The fourth-order valence-corrected chi connectivity index (χ4v) is 4.86. The minimum Gasteiger partial charge on any atom is -0.507 e. The van der Waals surface area contributed by atoms with Crippen LogP contribution in [0.3, 0.4) is 0 Å². The fraction of sp³-hybridized carbons (Fsp3) is 0.667. The maximum atomic E-state index is 12.8. The van der Waals surface area contributed by atoms with Crippen molar-refractivity contribution < 1.29 is 9.90 Å². The van der Waals surface area contributed by atoms with E-state index in [9.17, 15) is 9.90 Å². The van der Waals surface area contributed by atoms with Crippen molar-refractivity contribution in [1.29, 1.82) is 0 Å². The van der Waals surface area contributed by atoms with Crippen LogP contribution in [0.5, 0.6) is 5.75 Å². The molecule has 1 N–H and O–H groups in total. The van der Waals surface area contributed by atoms with Gasteiger partial charge in [-0.1, -0.05) is 19.9 Å². The van der Waals surface area contributed by atoms with Crippen LogP contribution in [0.15, 0.2) is 22.7 Å². The quantitative estimate of drug-likeness (QED) is 0.795. The normalized spacial score (nSPS) is 23.8. The number of aromatic hydroxyl groups is 1. The lowest BCUT2D eigenvalue weighted by atomic mass is 9.94. The summed E-state index contributed by atoms with van der Waals surface area (Å²) in [6.45, 7) is 8.60. The minimum atomic E-state index is -0.0296. The second-order valence-electron chi connectivity index (χ2n) is 8.19. The number of phenolic OH excluding ortho intramolecular Hbond substituents is 1. The lowest BCUT2D eigenvalue weighted by Crippen LogP contribution is -2.50. The molecule has 0 unspecified atom stereocenters. The van der Waals surface area contributed by atoms with Crippen LogP contribution in [0, 0.1) is 11.8 Å². The summed E-state index contributed by atoms with van der Waals surface area (Å²) >= 11 is 3.35. The molecule has 0 saturated carbocycles. The van der Waals surface area contributed by atoms with Gasteiger partial charge in [-0.3, -0.25) is 9.69 Å². The van der Waals surface area contributed by atoms with Gasteiger partial charge < -0.3 is 10.0 Å². The highest BCUT2D eigenvalue weighted by atomic mass is 79.9. The summed E-state index contributed by atoms with van der Waals surface area (Å²) < 4.78 is 0.686. The lowest BCUT2D eigenvalue weighted by molar-refractivity contribution is -0.136. The van der Waals surface area contributed by atoms with E-state index >= 15 is 0 Å². The second-order valence-corrected chi connectivity index (χ2v) is 9.04. The Bertz CT molecular complexity index is 628. The number of halogens is 1. The molecular formula is C21H31BrN2O2. The summed E-state index contributed by atoms with van der Waals surface area (Å²) in [5.41, 5.74) is 1.08. The van der Waals surface area contributed by atoms with Crippen LogP contribution in [0.4, 0.5) is 0 Å². The average Bonchev–Trinajstić information content (AvgIpc) is 2.64. The Morgan fingerprint density at radius 2 is 2.00 bits per heavy atom. The van der Waals surface area contributed by atoms with Crippen molar-refractivity contribution in [3.63, 3.8) is 0 Å². The third-order valence-electron chi connectivity index (χ3n) is 5.96. The number of hydrogen-bond acceptors (Lipinski definition) is 3. The van der Waals surface area contributed by atoms with Gasteiger partial charge in [0.05, 0.1) is 4.47 Å². The number of benzene rings is 1. The molecule has 0 spiro atoms. The van der Waals surface area contributed by atoms with Crippen molar-refractivity contribution in [3.8, 4) is 5.75 Å². The molecule has 2 aliphatic heterocycles. The molecule has 2 fully saturated rings. The van der Waals surface area contributed by atoms with E-state index in [-0.39, 0.29) is 17.6 Å². The summed E-state index contributed by atoms with van der Waals surface area (Å²) in [7, 11) is 0. The molecule has 2 aliphatic rings. The van der Waals surface area contributed by atoms with Crippen LogP contribution in [-0.4, -0.2) is 53.0 Å². The highest BCUT2D eigenvalue weighted by Gasteiger charge is 2.30. The molecule has 3 rings (SSSR count). The van der Waals surface area contributed by atoms with Gasteiger partial charge in [-0.05, 0) is 78.2 Å². The first kappa shape index (κ1) is 19.7. The number of nitrogens with zero attached hydrogens (tertiary/aromatic N) is 2. The van der Waals surface area contributed by atoms with Gasteiger partial charge in [-0.25, -0.2) is 0 Å². The number of hydrogen-bond donors (Lipinski definition) is 1. The van der Waals surface area contributed by atoms with Crippen LogP contribution in [0.1, 0.15) is 45.1 Å². The molecule has 5 heteroatoms. The van der Waals surface area contributed by atoms with Crippen molar-refractivity contribution >= 4 is 21.8 Å². The number of amides is 1. The zero-order valence-corrected chi connectivity index (χ0v) is 17.5. The van der Waals surface area contributed by atoms with Crippen molar-refractivity contribution in [2.75, 3.05) is 26.2 Å². The molecule has 1 amide bonds. The standard InChI is InChI=1S/C21H31BrN2O2/c1-15-4-3-9-24(14-15)18-7-10-23(11-8-18)21(26)16(2)12-17-5-6-20(25)19(22)13-17/h5-6,13,15-16,18,25H,3-4,7-12,14H2,1-2H3/t15-,16-/m1/s1. The summed E-state index contributed by atoms with van der Waals surface area (Å²) in [5, 5.41) is 9.61. The summed E-state index contributed by atoms with van der Waals surface area (Å²) in [6, 6.07) is 6.14. The molecular weight excluding hydrogens is 392 g/mol. The minimum absolute atomic E-state index is 0.0296. The molecule has 0 aliphatic carbocycles. The largest absolute Gasteiger partial charge is 0.507 e. The monoisotopic (exact) mass is 422 g/mol. The Morgan fingerprint density at radius 3 is 2.65 bits per heavy atom. The van der Waals surface area contributed by atoms with E-state index in [1.54, 1.807) is 6.07 Å². The second kappa shape index (κ2) is 8.75. The third kappa shape index (κ3) is 4.80. The van der Waals surface area contributed by atoms with Gasteiger partial charge in [-0.15, -0.1) is 0 Å². The van der Waals surface area contributed by atoms with E-state index in [2.05, 4.69) is 32.7 Å². The molecule has 0 aromatic heterocycles. The first-order chi connectivity index (χ1) is 12.4. The molecule has 2 atom stereocenters. The zero-order chi connectivity index (χ0) is 18.7. The van der Waals surface area contributed by atoms with E-state index in [0.717, 1.165) is 37.4 Å². The van der Waals surface area contributed by atoms with Crippen molar-refractivity contribution in [1.82, 2.24) is 9.80 Å². The summed E-state index contributed by atoms with van der Waals surface area (Å²) in [5.74, 6) is 1.28. The number of likely N-dealkylation sites (tertiary alicyclic amines) is 2. The maximum absolute atomic E-state index is 12.8. The highest BCUT2D eigenvalue weighted by molar-refractivity contribution is 9.10. The van der Waals surface area contributed by atoms with E-state index in [4.69, 9.17) is 0 Å². The van der Waals surface area contributed by atoms with Crippen LogP contribution in [0.25, 0.3) is 0 Å². The predicted molar refractivity (Wildman–Crippen MR) is 108 cm³/mol. The molecule has 1 aromatic carbocycles. The summed E-state index contributed by atoms with van der Waals surface area (Å²) in [4.78, 5) is 17.6. The highest BCUT2D eigenvalue weighted by Crippen LogP contribution is 2.27. The summed E-state index contributed by atoms with van der Waals surface area (Å²) in [6.07, 6.45) is 5.60. The maximum Gasteiger partial charge on any atom is 0.225 e. The average molecular weight is 423 g/mol. The molecule has 0 bridgehead atoms. The first-order valence-electron chi connectivity index (χ1n) is 9.94. The number of rotatable bonds is 4. The SMILES string of the molecule is C[C@@H]1CCCN(C2CCN(C(=O)[C@H](C)Cc3ccc(O)c(Br)c3)CC2)C1. The van der Waals surface area contributed by atoms with Gasteiger partial charge in [0.25, 0.3) is 0 Å². The van der Waals surface area contributed by atoms with Gasteiger partial charge in [0.15, 0.2) is 0 Å². The van der Waals surface area contributed by atoms with Crippen molar-refractivity contribution in [2.45, 2.75) is 52.0 Å². The first-order valence-corrected chi connectivity index (χ1v) is 10.7. The molecule has 1 aromatic rings. The Hall–Kier alpha value is -1.07. The number of piperidine rings is 2. The van der Waals surface area contributed by atoms with Gasteiger partial charge in [0, 0.05) is 31.6 Å². The number of phenols is 1. The Balaban J connectivity index is 1.50. The molecule has 2 heterocycles. The fourth-order valence-electron chi connectivity index (χ4n) is 4.44. The van der Waals surface area contributed by atoms with Crippen LogP contribution in [-0.2, 0) is 11.2 Å². The van der Waals surface area contributed by atoms with Crippen molar-refractivity contribution in [3.05, 3.63) is 28.2 Å². The predicted octanol–water partition coefficient (Wildman–Crippen LogP) is 4.06. The van der Waals surface area contributed by atoms with Crippen LogP contribution >= 0.6 is 15.9 Å². The van der Waals surface area contributed by atoms with Crippen LogP contribution < -0.4 is 0 Å². The Labute approximate surface area is 165 Å². The molecule has 26 heavy (non-hydrogen) atoms. The Kier molecular flexibility index (Phi) is 6.62. The van der Waals surface area contributed by atoms with Gasteiger partial charge in [-0.2, -0.15) is 0 Å². The van der Waals surface area contributed by atoms with Crippen molar-refractivity contribution in [2.24, 2.45) is 11.8 Å². The topological polar surface area (TPSA) is 43.8 Å². The molecule has 2 saturated heterocycles. The van der Waals surface area contributed by atoms with Crippen LogP contribution in [0.2, 0.25) is 0 Å². The van der Waals surface area contributed by atoms with E-state index in [1.165, 1.54) is 25.9 Å². The lowest BCUT2D eigenvalue weighted by Gasteiger charge is -2.42. The zero-order valence-electron chi connectivity index (χ0n) is 16.0. The van der Waals surface area contributed by atoms with E-state index in [1.807, 2.05) is 19.1 Å². The number of carbonyl (C=O) groups excluding carboxylic acids is 1. The van der Waals surface area contributed by atoms with Gasteiger partial charge >= 0.3 is 0 Å². The Morgan fingerprint density at radius 1 is 1.27 bits per heavy atom.